The highest BCUT2D eigenvalue weighted by Gasteiger charge is 2.37. The minimum Gasteiger partial charge on any atom is -0.302 e. The summed E-state index contributed by atoms with van der Waals surface area (Å²) in [5, 5.41) is 6.94. The zero-order valence-electron chi connectivity index (χ0n) is 14.3. The maximum absolute atomic E-state index is 13.1. The Bertz CT molecular complexity index is 702. The molecule has 2 bridgehead atoms. The van der Waals surface area contributed by atoms with E-state index in [4.69, 9.17) is 4.98 Å². The lowest BCUT2D eigenvalue weighted by Gasteiger charge is -2.47. The normalized spacial score (nSPS) is 26.7. The lowest BCUT2D eigenvalue weighted by molar-refractivity contribution is 0.0580. The first-order valence-corrected chi connectivity index (χ1v) is 9.61. The van der Waals surface area contributed by atoms with Crippen molar-refractivity contribution in [3.8, 4) is 10.6 Å². The predicted molar refractivity (Wildman–Crippen MR) is 96.6 cm³/mol. The lowest BCUT2D eigenvalue weighted by atomic mass is 9.82. The van der Waals surface area contributed by atoms with Gasteiger partial charge >= 0.3 is 0 Å². The van der Waals surface area contributed by atoms with Gasteiger partial charge in [-0.3, -0.25) is 0 Å². The van der Waals surface area contributed by atoms with E-state index < -0.39 is 0 Å². The highest BCUT2D eigenvalue weighted by molar-refractivity contribution is 7.13. The van der Waals surface area contributed by atoms with Crippen molar-refractivity contribution in [2.75, 3.05) is 19.6 Å². The van der Waals surface area contributed by atoms with E-state index in [1.165, 1.54) is 38.1 Å². The molecule has 4 heterocycles. The Morgan fingerprint density at radius 2 is 1.92 bits per heavy atom. The first kappa shape index (κ1) is 16.2. The molecule has 2 aromatic rings. The fraction of sp³-hybridized carbons (Fsp3) is 0.526. The first-order valence-electron chi connectivity index (χ1n) is 8.73. The Hall–Kier alpha value is -1.30. The fourth-order valence-electron chi connectivity index (χ4n) is 3.95. The number of aromatic nitrogens is 1. The summed E-state index contributed by atoms with van der Waals surface area (Å²) < 4.78 is 13.1. The van der Waals surface area contributed by atoms with Gasteiger partial charge in [-0.15, -0.1) is 11.3 Å². The van der Waals surface area contributed by atoms with Gasteiger partial charge in [0.25, 0.3) is 0 Å². The SMILES string of the molecule is CC(C)(N[C@@H]1CN2CCC1CC2)c1csc(-c2ccc(F)cc2)n1. The largest absolute Gasteiger partial charge is 0.302 e. The van der Waals surface area contributed by atoms with Crippen LogP contribution in [-0.4, -0.2) is 35.6 Å². The van der Waals surface area contributed by atoms with Crippen LogP contribution in [0.2, 0.25) is 0 Å². The minimum atomic E-state index is -0.208. The van der Waals surface area contributed by atoms with Gasteiger partial charge in [-0.05, 0) is 70.0 Å². The quantitative estimate of drug-likeness (QED) is 0.912. The van der Waals surface area contributed by atoms with E-state index in [9.17, 15) is 4.39 Å². The average molecular weight is 345 g/mol. The molecule has 3 saturated heterocycles. The van der Waals surface area contributed by atoms with Crippen molar-refractivity contribution in [3.05, 3.63) is 41.2 Å². The van der Waals surface area contributed by atoms with Crippen LogP contribution in [0.4, 0.5) is 4.39 Å². The van der Waals surface area contributed by atoms with Gasteiger partial charge in [-0.25, -0.2) is 9.37 Å². The highest BCUT2D eigenvalue weighted by atomic mass is 32.1. The number of halogens is 1. The molecule has 0 amide bonds. The summed E-state index contributed by atoms with van der Waals surface area (Å²) in [7, 11) is 0. The van der Waals surface area contributed by atoms with Crippen molar-refractivity contribution in [1.29, 1.82) is 0 Å². The summed E-state index contributed by atoms with van der Waals surface area (Å²) in [6.07, 6.45) is 2.62. The number of hydrogen-bond donors (Lipinski definition) is 1. The van der Waals surface area contributed by atoms with Crippen molar-refractivity contribution < 1.29 is 4.39 Å². The predicted octanol–water partition coefficient (Wildman–Crippen LogP) is 3.87. The molecular weight excluding hydrogens is 321 g/mol. The molecule has 3 nitrogen and oxygen atoms in total. The number of piperidine rings is 3. The summed E-state index contributed by atoms with van der Waals surface area (Å²) >= 11 is 1.63. The van der Waals surface area contributed by atoms with Crippen LogP contribution in [0.15, 0.2) is 29.6 Å². The zero-order valence-corrected chi connectivity index (χ0v) is 15.1. The average Bonchev–Trinajstić information content (AvgIpc) is 3.07. The number of thiazole rings is 1. The number of benzene rings is 1. The second kappa shape index (κ2) is 6.21. The number of nitrogens with zero attached hydrogens (tertiary/aromatic N) is 2. The molecule has 0 spiro atoms. The summed E-state index contributed by atoms with van der Waals surface area (Å²) in [6, 6.07) is 7.14. The Morgan fingerprint density at radius 1 is 1.21 bits per heavy atom. The molecule has 1 aromatic heterocycles. The summed E-state index contributed by atoms with van der Waals surface area (Å²) in [4.78, 5) is 7.40. The van der Waals surface area contributed by atoms with Gasteiger partial charge in [0.05, 0.1) is 11.2 Å². The molecule has 3 aliphatic rings. The van der Waals surface area contributed by atoms with Crippen LogP contribution < -0.4 is 5.32 Å². The van der Waals surface area contributed by atoms with E-state index in [1.54, 1.807) is 23.5 Å². The van der Waals surface area contributed by atoms with Gasteiger partial charge in [-0.1, -0.05) is 0 Å². The highest BCUT2D eigenvalue weighted by Crippen LogP contribution is 2.33. The molecule has 1 N–H and O–H groups in total. The van der Waals surface area contributed by atoms with E-state index in [0.29, 0.717) is 6.04 Å². The minimum absolute atomic E-state index is 0.155. The molecule has 3 aliphatic heterocycles. The molecule has 0 aliphatic carbocycles. The molecule has 5 rings (SSSR count). The van der Waals surface area contributed by atoms with Crippen molar-refractivity contribution >= 4 is 11.3 Å². The standard InChI is InChI=1S/C19H24FN3S/c1-19(2,22-16-11-23-9-7-13(16)8-10-23)17-12-24-18(21-17)14-3-5-15(20)6-4-14/h3-6,12-13,16,22H,7-11H2,1-2H3/t16-/m1/s1. The summed E-state index contributed by atoms with van der Waals surface area (Å²) in [5.74, 6) is 0.587. The van der Waals surface area contributed by atoms with Crippen molar-refractivity contribution in [2.24, 2.45) is 5.92 Å². The molecular formula is C19H24FN3S. The molecule has 0 unspecified atom stereocenters. The second-order valence-corrected chi connectivity index (χ2v) is 8.42. The van der Waals surface area contributed by atoms with Crippen LogP contribution in [-0.2, 0) is 5.54 Å². The summed E-state index contributed by atoms with van der Waals surface area (Å²) in [5.41, 5.74) is 1.90. The van der Waals surface area contributed by atoms with Gasteiger partial charge < -0.3 is 10.2 Å². The van der Waals surface area contributed by atoms with E-state index in [0.717, 1.165) is 28.7 Å². The lowest BCUT2D eigenvalue weighted by Crippen LogP contribution is -2.59. The Kier molecular flexibility index (Phi) is 4.19. The molecule has 24 heavy (non-hydrogen) atoms. The molecule has 0 radical (unpaired) electrons. The van der Waals surface area contributed by atoms with Crippen LogP contribution in [0.3, 0.4) is 0 Å². The van der Waals surface area contributed by atoms with Crippen LogP contribution >= 0.6 is 11.3 Å². The fourth-order valence-corrected chi connectivity index (χ4v) is 4.95. The van der Waals surface area contributed by atoms with Gasteiger partial charge in [0, 0.05) is 23.5 Å². The van der Waals surface area contributed by atoms with Crippen LogP contribution in [0.1, 0.15) is 32.4 Å². The Labute approximate surface area is 146 Å². The molecule has 5 heteroatoms. The number of nitrogens with one attached hydrogen (secondary N) is 1. The van der Waals surface area contributed by atoms with Gasteiger partial charge in [0.2, 0.25) is 0 Å². The molecule has 1 atom stereocenters. The Balaban J connectivity index is 1.51. The number of fused-ring (bicyclic) bond motifs is 3. The van der Waals surface area contributed by atoms with E-state index in [2.05, 4.69) is 29.4 Å². The third-order valence-corrected chi connectivity index (χ3v) is 6.33. The van der Waals surface area contributed by atoms with Crippen molar-refractivity contribution in [1.82, 2.24) is 15.2 Å². The van der Waals surface area contributed by atoms with Crippen molar-refractivity contribution in [3.63, 3.8) is 0 Å². The second-order valence-electron chi connectivity index (χ2n) is 7.56. The van der Waals surface area contributed by atoms with Gasteiger partial charge in [0.1, 0.15) is 10.8 Å². The Morgan fingerprint density at radius 3 is 2.54 bits per heavy atom. The zero-order chi connectivity index (χ0) is 16.7. The smallest absolute Gasteiger partial charge is 0.123 e. The van der Waals surface area contributed by atoms with Crippen molar-refractivity contribution in [2.45, 2.75) is 38.3 Å². The van der Waals surface area contributed by atoms with Crippen LogP contribution in [0.25, 0.3) is 10.6 Å². The van der Waals surface area contributed by atoms with E-state index in [-0.39, 0.29) is 11.4 Å². The van der Waals surface area contributed by atoms with Gasteiger partial charge in [0.15, 0.2) is 0 Å². The van der Waals surface area contributed by atoms with Gasteiger partial charge in [-0.2, -0.15) is 0 Å². The number of hydrogen-bond acceptors (Lipinski definition) is 4. The topological polar surface area (TPSA) is 28.2 Å². The van der Waals surface area contributed by atoms with E-state index in [1.807, 2.05) is 0 Å². The van der Waals surface area contributed by atoms with Crippen LogP contribution in [0.5, 0.6) is 0 Å². The monoisotopic (exact) mass is 345 g/mol. The molecule has 128 valence electrons. The molecule has 3 fully saturated rings. The number of rotatable bonds is 4. The third kappa shape index (κ3) is 3.13. The first-order chi connectivity index (χ1) is 11.5. The molecule has 0 saturated carbocycles. The van der Waals surface area contributed by atoms with E-state index >= 15 is 0 Å². The maximum atomic E-state index is 13.1. The van der Waals surface area contributed by atoms with Crippen LogP contribution in [0, 0.1) is 11.7 Å². The maximum Gasteiger partial charge on any atom is 0.123 e. The third-order valence-electron chi connectivity index (χ3n) is 5.44. The molecule has 1 aromatic carbocycles. The summed E-state index contributed by atoms with van der Waals surface area (Å²) in [6.45, 7) is 8.11.